The Labute approximate surface area is 107 Å². The van der Waals surface area contributed by atoms with Crippen LogP contribution in [0.2, 0.25) is 0 Å². The minimum absolute atomic E-state index is 0.347. The standard InChI is InChI=1S/C13H20N4O/c1-9-6-17(7-10(9)2)8-11-4-3-5-12(15-11)13(18)16-14/h3-5,9-10H,6-8,14H2,1-2H3,(H,16,18). The summed E-state index contributed by atoms with van der Waals surface area (Å²) in [6.45, 7) is 7.53. The lowest BCUT2D eigenvalue weighted by Crippen LogP contribution is -2.31. The molecule has 1 aliphatic heterocycles. The van der Waals surface area contributed by atoms with Crippen LogP contribution in [-0.4, -0.2) is 28.9 Å². The third-order valence-electron chi connectivity index (χ3n) is 3.62. The molecular formula is C13H20N4O. The maximum Gasteiger partial charge on any atom is 0.283 e. The van der Waals surface area contributed by atoms with Crippen LogP contribution in [0, 0.1) is 11.8 Å². The number of carbonyl (C=O) groups is 1. The topological polar surface area (TPSA) is 71.2 Å². The van der Waals surface area contributed by atoms with Crippen LogP contribution < -0.4 is 11.3 Å². The summed E-state index contributed by atoms with van der Waals surface area (Å²) in [5, 5.41) is 0. The molecule has 0 saturated carbocycles. The molecule has 1 aromatic heterocycles. The van der Waals surface area contributed by atoms with Crippen molar-refractivity contribution in [3.63, 3.8) is 0 Å². The van der Waals surface area contributed by atoms with Gasteiger partial charge in [-0.15, -0.1) is 0 Å². The van der Waals surface area contributed by atoms with E-state index in [9.17, 15) is 4.79 Å². The molecule has 98 valence electrons. The predicted molar refractivity (Wildman–Crippen MR) is 69.5 cm³/mol. The van der Waals surface area contributed by atoms with Crippen molar-refractivity contribution in [2.24, 2.45) is 17.7 Å². The number of hydrogen-bond acceptors (Lipinski definition) is 4. The Bertz CT molecular complexity index is 425. The van der Waals surface area contributed by atoms with Crippen LogP contribution in [0.25, 0.3) is 0 Å². The predicted octanol–water partition coefficient (Wildman–Crippen LogP) is 0.773. The van der Waals surface area contributed by atoms with Crippen LogP contribution in [0.1, 0.15) is 30.0 Å². The summed E-state index contributed by atoms with van der Waals surface area (Å²) in [5.41, 5.74) is 3.39. The number of pyridine rings is 1. The minimum atomic E-state index is -0.347. The van der Waals surface area contributed by atoms with Crippen molar-refractivity contribution in [2.45, 2.75) is 20.4 Å². The highest BCUT2D eigenvalue weighted by Gasteiger charge is 2.26. The largest absolute Gasteiger partial charge is 0.297 e. The SMILES string of the molecule is CC1CN(Cc2cccc(C(=O)NN)n2)CC1C. The Morgan fingerprint density at radius 3 is 2.72 bits per heavy atom. The second-order valence-electron chi connectivity index (χ2n) is 5.14. The van der Waals surface area contributed by atoms with Gasteiger partial charge < -0.3 is 0 Å². The fourth-order valence-electron chi connectivity index (χ4n) is 2.38. The van der Waals surface area contributed by atoms with Gasteiger partial charge in [-0.2, -0.15) is 0 Å². The highest BCUT2D eigenvalue weighted by atomic mass is 16.2. The molecule has 5 heteroatoms. The maximum atomic E-state index is 11.4. The smallest absolute Gasteiger partial charge is 0.283 e. The maximum absolute atomic E-state index is 11.4. The first-order valence-corrected chi connectivity index (χ1v) is 6.29. The number of amides is 1. The number of nitrogens with zero attached hydrogens (tertiary/aromatic N) is 2. The first-order valence-electron chi connectivity index (χ1n) is 6.29. The van der Waals surface area contributed by atoms with Crippen LogP contribution in [0.3, 0.4) is 0 Å². The Hall–Kier alpha value is -1.46. The molecular weight excluding hydrogens is 228 g/mol. The van der Waals surface area contributed by atoms with Crippen LogP contribution in [-0.2, 0) is 6.54 Å². The van der Waals surface area contributed by atoms with Crippen molar-refractivity contribution in [1.29, 1.82) is 0 Å². The van der Waals surface area contributed by atoms with Gasteiger partial charge in [0.15, 0.2) is 0 Å². The third-order valence-corrected chi connectivity index (χ3v) is 3.62. The van der Waals surface area contributed by atoms with Gasteiger partial charge in [-0.1, -0.05) is 19.9 Å². The number of likely N-dealkylation sites (tertiary alicyclic amines) is 1. The van der Waals surface area contributed by atoms with Crippen LogP contribution in [0.15, 0.2) is 18.2 Å². The van der Waals surface area contributed by atoms with Gasteiger partial charge in [-0.3, -0.25) is 15.1 Å². The third kappa shape index (κ3) is 2.86. The second-order valence-corrected chi connectivity index (χ2v) is 5.14. The molecule has 1 fully saturated rings. The van der Waals surface area contributed by atoms with E-state index in [1.54, 1.807) is 6.07 Å². The molecule has 0 aromatic carbocycles. The molecule has 1 aromatic rings. The van der Waals surface area contributed by atoms with Gasteiger partial charge in [0.25, 0.3) is 5.91 Å². The lowest BCUT2D eigenvalue weighted by Gasteiger charge is -2.15. The summed E-state index contributed by atoms with van der Waals surface area (Å²) in [6.07, 6.45) is 0. The summed E-state index contributed by atoms with van der Waals surface area (Å²) in [4.78, 5) is 18.1. The van der Waals surface area contributed by atoms with Gasteiger partial charge in [-0.25, -0.2) is 10.8 Å². The van der Waals surface area contributed by atoms with Gasteiger partial charge in [-0.05, 0) is 24.0 Å². The second kappa shape index (κ2) is 5.46. The Balaban J connectivity index is 2.04. The molecule has 1 aliphatic rings. The minimum Gasteiger partial charge on any atom is -0.297 e. The van der Waals surface area contributed by atoms with E-state index in [1.807, 2.05) is 12.1 Å². The van der Waals surface area contributed by atoms with Gasteiger partial charge >= 0.3 is 0 Å². The number of nitrogens with two attached hydrogens (primary N) is 1. The Morgan fingerprint density at radius 2 is 2.11 bits per heavy atom. The number of rotatable bonds is 3. The van der Waals surface area contributed by atoms with E-state index < -0.39 is 0 Å². The zero-order valence-corrected chi connectivity index (χ0v) is 10.9. The van der Waals surface area contributed by atoms with Gasteiger partial charge in [0.1, 0.15) is 5.69 Å². The number of hydrazine groups is 1. The molecule has 0 spiro atoms. The molecule has 5 nitrogen and oxygen atoms in total. The molecule has 0 radical (unpaired) electrons. The molecule has 2 rings (SSSR count). The lowest BCUT2D eigenvalue weighted by molar-refractivity contribution is 0.0948. The summed E-state index contributed by atoms with van der Waals surface area (Å²) in [7, 11) is 0. The van der Waals surface area contributed by atoms with Crippen LogP contribution in [0.4, 0.5) is 0 Å². The van der Waals surface area contributed by atoms with E-state index in [0.29, 0.717) is 5.69 Å². The van der Waals surface area contributed by atoms with Crippen molar-refractivity contribution in [3.05, 3.63) is 29.6 Å². The highest BCUT2D eigenvalue weighted by Crippen LogP contribution is 2.23. The monoisotopic (exact) mass is 248 g/mol. The first kappa shape index (κ1) is 13.0. The van der Waals surface area contributed by atoms with Crippen LogP contribution >= 0.6 is 0 Å². The van der Waals surface area contributed by atoms with Crippen molar-refractivity contribution >= 4 is 5.91 Å². The quantitative estimate of drug-likeness (QED) is 0.471. The summed E-state index contributed by atoms with van der Waals surface area (Å²) in [5.74, 6) is 6.20. The fourth-order valence-corrected chi connectivity index (χ4v) is 2.38. The molecule has 18 heavy (non-hydrogen) atoms. The van der Waals surface area contributed by atoms with E-state index in [0.717, 1.165) is 37.2 Å². The van der Waals surface area contributed by atoms with E-state index in [-0.39, 0.29) is 5.91 Å². The number of hydrogen-bond donors (Lipinski definition) is 2. The zero-order chi connectivity index (χ0) is 13.1. The molecule has 0 bridgehead atoms. The molecule has 2 heterocycles. The lowest BCUT2D eigenvalue weighted by atomic mass is 10.0. The molecule has 1 saturated heterocycles. The van der Waals surface area contributed by atoms with Crippen molar-refractivity contribution in [3.8, 4) is 0 Å². The highest BCUT2D eigenvalue weighted by molar-refractivity contribution is 5.91. The number of nitrogens with one attached hydrogen (secondary N) is 1. The van der Waals surface area contributed by atoms with Crippen LogP contribution in [0.5, 0.6) is 0 Å². The summed E-state index contributed by atoms with van der Waals surface area (Å²) in [6, 6.07) is 5.46. The zero-order valence-electron chi connectivity index (χ0n) is 10.9. The van der Waals surface area contributed by atoms with Gasteiger partial charge in [0.05, 0.1) is 5.69 Å². The van der Waals surface area contributed by atoms with Gasteiger partial charge in [0.2, 0.25) is 0 Å². The van der Waals surface area contributed by atoms with E-state index in [1.165, 1.54) is 0 Å². The fraction of sp³-hybridized carbons (Fsp3) is 0.538. The van der Waals surface area contributed by atoms with E-state index >= 15 is 0 Å². The van der Waals surface area contributed by atoms with E-state index in [2.05, 4.69) is 29.2 Å². The average molecular weight is 248 g/mol. The number of carbonyl (C=O) groups excluding carboxylic acids is 1. The van der Waals surface area contributed by atoms with Crippen molar-refractivity contribution < 1.29 is 4.79 Å². The van der Waals surface area contributed by atoms with Crippen molar-refractivity contribution in [2.75, 3.05) is 13.1 Å². The normalized spacial score (nSPS) is 24.2. The Kier molecular flexibility index (Phi) is 3.93. The van der Waals surface area contributed by atoms with Crippen molar-refractivity contribution in [1.82, 2.24) is 15.3 Å². The summed E-state index contributed by atoms with van der Waals surface area (Å²) >= 11 is 0. The molecule has 0 aliphatic carbocycles. The molecule has 2 unspecified atom stereocenters. The van der Waals surface area contributed by atoms with Gasteiger partial charge in [0, 0.05) is 19.6 Å². The molecule has 2 atom stereocenters. The summed E-state index contributed by atoms with van der Waals surface area (Å²) < 4.78 is 0. The average Bonchev–Trinajstić information content (AvgIpc) is 2.67. The van der Waals surface area contributed by atoms with E-state index in [4.69, 9.17) is 5.84 Å². The molecule has 3 N–H and O–H groups in total. The number of aromatic nitrogens is 1. The first-order chi connectivity index (χ1) is 8.60. The number of nitrogen functional groups attached to an aromatic ring is 1. The Morgan fingerprint density at radius 1 is 1.44 bits per heavy atom. The molecule has 1 amide bonds.